The Bertz CT molecular complexity index is 196. The molecule has 0 aromatic rings. The molecule has 2 heterocycles. The van der Waals surface area contributed by atoms with E-state index in [2.05, 4.69) is 10.6 Å². The van der Waals surface area contributed by atoms with E-state index in [9.17, 15) is 4.79 Å². The number of carbonyl (C=O) groups is 1. The summed E-state index contributed by atoms with van der Waals surface area (Å²) in [6, 6.07) is 0.442. The Hall–Kier alpha value is -0.610. The fourth-order valence-electron chi connectivity index (χ4n) is 2.19. The Labute approximate surface area is 85.0 Å². The van der Waals surface area contributed by atoms with Gasteiger partial charge in [0.15, 0.2) is 0 Å². The van der Waals surface area contributed by atoms with Crippen molar-refractivity contribution in [1.82, 2.24) is 15.5 Å². The lowest BCUT2D eigenvalue weighted by Crippen LogP contribution is -2.47. The van der Waals surface area contributed by atoms with Crippen molar-refractivity contribution < 1.29 is 4.79 Å². The van der Waals surface area contributed by atoms with E-state index in [1.807, 2.05) is 4.90 Å². The third kappa shape index (κ3) is 2.45. The molecule has 0 aliphatic carbocycles. The molecule has 1 amide bonds. The van der Waals surface area contributed by atoms with Crippen LogP contribution in [0.5, 0.6) is 0 Å². The number of hydrogen-bond donors (Lipinski definition) is 2. The molecule has 0 spiro atoms. The van der Waals surface area contributed by atoms with Gasteiger partial charge in [-0.3, -0.25) is 4.79 Å². The molecule has 4 nitrogen and oxygen atoms in total. The van der Waals surface area contributed by atoms with Crippen LogP contribution in [0.25, 0.3) is 0 Å². The van der Waals surface area contributed by atoms with Gasteiger partial charge in [0.2, 0.25) is 5.91 Å². The van der Waals surface area contributed by atoms with Crippen molar-refractivity contribution in [3.8, 4) is 0 Å². The highest BCUT2D eigenvalue weighted by Gasteiger charge is 2.22. The Balaban J connectivity index is 1.75. The topological polar surface area (TPSA) is 44.4 Å². The average molecular weight is 197 g/mol. The SMILES string of the molecule is O=C(CC1CCCN1)N1CCNCC1. The molecule has 2 aliphatic heterocycles. The Kier molecular flexibility index (Phi) is 3.37. The second-order valence-electron chi connectivity index (χ2n) is 4.13. The maximum absolute atomic E-state index is 11.8. The highest BCUT2D eigenvalue weighted by atomic mass is 16.2. The third-order valence-corrected chi connectivity index (χ3v) is 3.05. The average Bonchev–Trinajstić information content (AvgIpc) is 2.72. The van der Waals surface area contributed by atoms with Gasteiger partial charge in [-0.1, -0.05) is 0 Å². The van der Waals surface area contributed by atoms with E-state index in [1.165, 1.54) is 6.42 Å². The molecule has 0 bridgehead atoms. The van der Waals surface area contributed by atoms with E-state index in [4.69, 9.17) is 0 Å². The smallest absolute Gasteiger partial charge is 0.224 e. The summed E-state index contributed by atoms with van der Waals surface area (Å²) in [7, 11) is 0. The molecule has 0 aromatic carbocycles. The second kappa shape index (κ2) is 4.75. The van der Waals surface area contributed by atoms with E-state index in [0.717, 1.165) is 39.1 Å². The van der Waals surface area contributed by atoms with Crippen LogP contribution in [-0.4, -0.2) is 49.6 Å². The van der Waals surface area contributed by atoms with E-state index >= 15 is 0 Å². The third-order valence-electron chi connectivity index (χ3n) is 3.05. The molecule has 0 radical (unpaired) electrons. The molecule has 1 atom stereocenters. The molecule has 2 aliphatic rings. The van der Waals surface area contributed by atoms with Gasteiger partial charge in [-0.15, -0.1) is 0 Å². The van der Waals surface area contributed by atoms with Crippen LogP contribution >= 0.6 is 0 Å². The molecule has 2 saturated heterocycles. The second-order valence-corrected chi connectivity index (χ2v) is 4.13. The van der Waals surface area contributed by atoms with Gasteiger partial charge < -0.3 is 15.5 Å². The van der Waals surface area contributed by atoms with Crippen molar-refractivity contribution in [2.24, 2.45) is 0 Å². The summed E-state index contributed by atoms with van der Waals surface area (Å²) in [4.78, 5) is 13.8. The number of rotatable bonds is 2. The van der Waals surface area contributed by atoms with Gasteiger partial charge in [0, 0.05) is 38.6 Å². The zero-order valence-corrected chi connectivity index (χ0v) is 8.59. The Morgan fingerprint density at radius 2 is 2.07 bits per heavy atom. The minimum Gasteiger partial charge on any atom is -0.340 e. The fraction of sp³-hybridized carbons (Fsp3) is 0.900. The van der Waals surface area contributed by atoms with Crippen LogP contribution in [0.1, 0.15) is 19.3 Å². The van der Waals surface area contributed by atoms with Gasteiger partial charge in [-0.25, -0.2) is 0 Å². The molecule has 4 heteroatoms. The van der Waals surface area contributed by atoms with Gasteiger partial charge >= 0.3 is 0 Å². The van der Waals surface area contributed by atoms with Crippen LogP contribution in [0, 0.1) is 0 Å². The molecule has 80 valence electrons. The Morgan fingerprint density at radius 1 is 1.29 bits per heavy atom. The number of nitrogens with one attached hydrogen (secondary N) is 2. The molecule has 1 unspecified atom stereocenters. The first-order valence-corrected chi connectivity index (χ1v) is 5.58. The van der Waals surface area contributed by atoms with Crippen molar-refractivity contribution >= 4 is 5.91 Å². The van der Waals surface area contributed by atoms with Crippen LogP contribution < -0.4 is 10.6 Å². The monoisotopic (exact) mass is 197 g/mol. The van der Waals surface area contributed by atoms with Crippen LogP contribution in [-0.2, 0) is 4.79 Å². The summed E-state index contributed by atoms with van der Waals surface area (Å²) in [5, 5.41) is 6.62. The van der Waals surface area contributed by atoms with E-state index in [-0.39, 0.29) is 0 Å². The van der Waals surface area contributed by atoms with Crippen molar-refractivity contribution in [1.29, 1.82) is 0 Å². The summed E-state index contributed by atoms with van der Waals surface area (Å²) in [5.41, 5.74) is 0. The predicted octanol–water partition coefficient (Wildman–Crippen LogP) is -0.440. The van der Waals surface area contributed by atoms with Gasteiger partial charge in [-0.2, -0.15) is 0 Å². The standard InChI is InChI=1S/C10H19N3O/c14-10(8-9-2-1-3-12-9)13-6-4-11-5-7-13/h9,11-12H,1-8H2. The molecular weight excluding hydrogens is 178 g/mol. The molecule has 0 aromatic heterocycles. The van der Waals surface area contributed by atoms with Gasteiger partial charge in [0.05, 0.1) is 0 Å². The van der Waals surface area contributed by atoms with E-state index in [0.29, 0.717) is 18.4 Å². The van der Waals surface area contributed by atoms with Crippen molar-refractivity contribution in [3.63, 3.8) is 0 Å². The lowest BCUT2D eigenvalue weighted by molar-refractivity contribution is -0.132. The fourth-order valence-corrected chi connectivity index (χ4v) is 2.19. The minimum absolute atomic E-state index is 0.325. The van der Waals surface area contributed by atoms with Crippen LogP contribution in [0.2, 0.25) is 0 Å². The maximum Gasteiger partial charge on any atom is 0.224 e. The predicted molar refractivity (Wildman–Crippen MR) is 55.1 cm³/mol. The first-order chi connectivity index (χ1) is 6.86. The van der Waals surface area contributed by atoms with Crippen LogP contribution in [0.3, 0.4) is 0 Å². The highest BCUT2D eigenvalue weighted by Crippen LogP contribution is 2.10. The normalized spacial score (nSPS) is 28.0. The van der Waals surface area contributed by atoms with Gasteiger partial charge in [0.1, 0.15) is 0 Å². The van der Waals surface area contributed by atoms with E-state index in [1.54, 1.807) is 0 Å². The number of piperazine rings is 1. The van der Waals surface area contributed by atoms with Crippen molar-refractivity contribution in [2.45, 2.75) is 25.3 Å². The number of nitrogens with zero attached hydrogens (tertiary/aromatic N) is 1. The van der Waals surface area contributed by atoms with Crippen LogP contribution in [0.4, 0.5) is 0 Å². The summed E-state index contributed by atoms with van der Waals surface area (Å²) in [6.45, 7) is 4.74. The van der Waals surface area contributed by atoms with Gasteiger partial charge in [-0.05, 0) is 19.4 Å². The van der Waals surface area contributed by atoms with E-state index < -0.39 is 0 Å². The maximum atomic E-state index is 11.8. The largest absolute Gasteiger partial charge is 0.340 e. The van der Waals surface area contributed by atoms with Crippen LogP contribution in [0.15, 0.2) is 0 Å². The minimum atomic E-state index is 0.325. The first kappa shape index (κ1) is 9.93. The Morgan fingerprint density at radius 3 is 2.71 bits per heavy atom. The molecule has 2 fully saturated rings. The number of hydrogen-bond acceptors (Lipinski definition) is 3. The zero-order valence-electron chi connectivity index (χ0n) is 8.59. The zero-order chi connectivity index (χ0) is 9.80. The summed E-state index contributed by atoms with van der Waals surface area (Å²) < 4.78 is 0. The molecule has 2 rings (SSSR count). The lowest BCUT2D eigenvalue weighted by Gasteiger charge is -2.28. The number of amides is 1. The molecule has 2 N–H and O–H groups in total. The molecule has 14 heavy (non-hydrogen) atoms. The summed E-state index contributed by atoms with van der Waals surface area (Å²) >= 11 is 0. The quantitative estimate of drug-likeness (QED) is 0.631. The molecule has 0 saturated carbocycles. The number of carbonyl (C=O) groups excluding carboxylic acids is 1. The van der Waals surface area contributed by atoms with Gasteiger partial charge in [0.25, 0.3) is 0 Å². The molecular formula is C10H19N3O. The summed E-state index contributed by atoms with van der Waals surface area (Å²) in [6.07, 6.45) is 3.08. The summed E-state index contributed by atoms with van der Waals surface area (Å²) in [5.74, 6) is 0.325. The van der Waals surface area contributed by atoms with Crippen molar-refractivity contribution in [3.05, 3.63) is 0 Å². The lowest BCUT2D eigenvalue weighted by atomic mass is 10.1. The van der Waals surface area contributed by atoms with Crippen molar-refractivity contribution in [2.75, 3.05) is 32.7 Å². The first-order valence-electron chi connectivity index (χ1n) is 5.58. The highest BCUT2D eigenvalue weighted by molar-refractivity contribution is 5.77.